The first-order valence-electron chi connectivity index (χ1n) is 6.57. The van der Waals surface area contributed by atoms with Crippen molar-refractivity contribution in [2.45, 2.75) is 50.2 Å². The van der Waals surface area contributed by atoms with Crippen LogP contribution in [-0.2, 0) is 4.79 Å². The molecule has 1 amide bonds. The van der Waals surface area contributed by atoms with Crippen LogP contribution in [0.25, 0.3) is 0 Å². The molecule has 3 heterocycles. The summed E-state index contributed by atoms with van der Waals surface area (Å²) in [5.74, 6) is 0.199. The molecular formula is C12H21N3O. The van der Waals surface area contributed by atoms with Crippen LogP contribution in [0.15, 0.2) is 0 Å². The molecule has 3 aliphatic rings. The third-order valence-corrected chi connectivity index (χ3v) is 4.49. The van der Waals surface area contributed by atoms with Gasteiger partial charge < -0.3 is 10.6 Å². The Balaban J connectivity index is 1.74. The summed E-state index contributed by atoms with van der Waals surface area (Å²) in [7, 11) is 0. The van der Waals surface area contributed by atoms with E-state index in [1.807, 2.05) is 0 Å². The van der Waals surface area contributed by atoms with E-state index in [9.17, 15) is 4.79 Å². The first-order chi connectivity index (χ1) is 7.77. The number of carbonyl (C=O) groups is 1. The second-order valence-corrected chi connectivity index (χ2v) is 5.38. The van der Waals surface area contributed by atoms with Gasteiger partial charge in [0, 0.05) is 25.2 Å². The maximum Gasteiger partial charge on any atom is 0.239 e. The van der Waals surface area contributed by atoms with Crippen molar-refractivity contribution in [3.63, 3.8) is 0 Å². The van der Waals surface area contributed by atoms with Gasteiger partial charge in [-0.3, -0.25) is 9.69 Å². The number of piperidine rings is 1. The van der Waals surface area contributed by atoms with Crippen LogP contribution in [-0.4, -0.2) is 53.5 Å². The van der Waals surface area contributed by atoms with Crippen LogP contribution in [0.3, 0.4) is 0 Å². The number of rotatable bonds is 1. The minimum absolute atomic E-state index is 0.199. The molecule has 0 aromatic carbocycles. The number of hydrogen-bond donors (Lipinski definition) is 1. The van der Waals surface area contributed by atoms with Gasteiger partial charge in [-0.15, -0.1) is 0 Å². The maximum atomic E-state index is 12.1. The van der Waals surface area contributed by atoms with Crippen molar-refractivity contribution in [3.05, 3.63) is 0 Å². The fourth-order valence-electron chi connectivity index (χ4n) is 3.68. The monoisotopic (exact) mass is 223 g/mol. The Bertz CT molecular complexity index is 294. The van der Waals surface area contributed by atoms with Crippen LogP contribution in [0.1, 0.15) is 32.1 Å². The molecule has 4 nitrogen and oxygen atoms in total. The quantitative estimate of drug-likeness (QED) is 0.689. The van der Waals surface area contributed by atoms with Gasteiger partial charge in [0.25, 0.3) is 0 Å². The van der Waals surface area contributed by atoms with E-state index in [4.69, 9.17) is 5.73 Å². The number of likely N-dealkylation sites (tertiary alicyclic amines) is 1. The van der Waals surface area contributed by atoms with Gasteiger partial charge in [0.05, 0.1) is 6.04 Å². The van der Waals surface area contributed by atoms with Crippen LogP contribution < -0.4 is 5.73 Å². The molecule has 3 unspecified atom stereocenters. The standard InChI is InChI=1S/C12H21N3O/c13-9-3-1-7-15(12(9)16)11-5-8-14-6-2-4-10(11)14/h9-11H,1-8,13H2. The molecule has 3 aliphatic heterocycles. The van der Waals surface area contributed by atoms with E-state index < -0.39 is 0 Å². The van der Waals surface area contributed by atoms with Gasteiger partial charge in [-0.25, -0.2) is 0 Å². The lowest BCUT2D eigenvalue weighted by Crippen LogP contribution is -2.55. The van der Waals surface area contributed by atoms with Crippen molar-refractivity contribution < 1.29 is 4.79 Å². The average molecular weight is 223 g/mol. The summed E-state index contributed by atoms with van der Waals surface area (Å²) in [5, 5.41) is 0. The van der Waals surface area contributed by atoms with E-state index in [1.54, 1.807) is 0 Å². The van der Waals surface area contributed by atoms with Crippen LogP contribution in [0.5, 0.6) is 0 Å². The zero-order chi connectivity index (χ0) is 11.1. The smallest absolute Gasteiger partial charge is 0.239 e. The number of nitrogens with zero attached hydrogens (tertiary/aromatic N) is 2. The van der Waals surface area contributed by atoms with Gasteiger partial charge in [-0.2, -0.15) is 0 Å². The highest BCUT2D eigenvalue weighted by molar-refractivity contribution is 5.82. The Kier molecular flexibility index (Phi) is 2.64. The largest absolute Gasteiger partial charge is 0.337 e. The molecule has 0 aromatic rings. The molecule has 0 aliphatic carbocycles. The predicted molar refractivity (Wildman–Crippen MR) is 61.9 cm³/mol. The molecule has 3 fully saturated rings. The number of hydrogen-bond acceptors (Lipinski definition) is 3. The predicted octanol–water partition coefficient (Wildman–Crippen LogP) is 0.173. The van der Waals surface area contributed by atoms with Crippen molar-refractivity contribution in [2.24, 2.45) is 5.73 Å². The highest BCUT2D eigenvalue weighted by atomic mass is 16.2. The fourth-order valence-corrected chi connectivity index (χ4v) is 3.68. The Morgan fingerprint density at radius 1 is 1.00 bits per heavy atom. The summed E-state index contributed by atoms with van der Waals surface area (Å²) in [6.45, 7) is 3.34. The summed E-state index contributed by atoms with van der Waals surface area (Å²) in [6, 6.07) is 0.861. The van der Waals surface area contributed by atoms with Crippen molar-refractivity contribution in [3.8, 4) is 0 Å². The molecule has 0 spiro atoms. The van der Waals surface area contributed by atoms with E-state index in [1.165, 1.54) is 25.9 Å². The van der Waals surface area contributed by atoms with E-state index in [-0.39, 0.29) is 11.9 Å². The van der Waals surface area contributed by atoms with Crippen LogP contribution >= 0.6 is 0 Å². The lowest BCUT2D eigenvalue weighted by atomic mass is 9.98. The van der Waals surface area contributed by atoms with Gasteiger partial charge in [-0.1, -0.05) is 0 Å². The Labute approximate surface area is 96.8 Å². The molecule has 0 saturated carbocycles. The number of amides is 1. The molecule has 3 saturated heterocycles. The summed E-state index contributed by atoms with van der Waals surface area (Å²) < 4.78 is 0. The molecule has 0 radical (unpaired) electrons. The number of nitrogens with two attached hydrogens (primary N) is 1. The van der Waals surface area contributed by atoms with Crippen molar-refractivity contribution in [1.29, 1.82) is 0 Å². The summed E-state index contributed by atoms with van der Waals surface area (Å²) in [6.07, 6.45) is 5.68. The zero-order valence-corrected chi connectivity index (χ0v) is 9.77. The van der Waals surface area contributed by atoms with Gasteiger partial charge >= 0.3 is 0 Å². The van der Waals surface area contributed by atoms with Gasteiger partial charge in [0.15, 0.2) is 0 Å². The normalized spacial score (nSPS) is 40.4. The lowest BCUT2D eigenvalue weighted by molar-refractivity contribution is -0.137. The molecule has 2 N–H and O–H groups in total. The molecule has 3 rings (SSSR count). The van der Waals surface area contributed by atoms with Crippen LogP contribution in [0.2, 0.25) is 0 Å². The van der Waals surface area contributed by atoms with Gasteiger partial charge in [-0.05, 0) is 38.6 Å². The number of fused-ring (bicyclic) bond motifs is 1. The van der Waals surface area contributed by atoms with Crippen molar-refractivity contribution in [2.75, 3.05) is 19.6 Å². The average Bonchev–Trinajstić information content (AvgIpc) is 2.84. The molecular weight excluding hydrogens is 202 g/mol. The van der Waals surface area contributed by atoms with E-state index in [2.05, 4.69) is 9.80 Å². The van der Waals surface area contributed by atoms with Crippen LogP contribution in [0.4, 0.5) is 0 Å². The highest BCUT2D eigenvalue weighted by Crippen LogP contribution is 2.32. The molecule has 90 valence electrons. The zero-order valence-electron chi connectivity index (χ0n) is 9.77. The Morgan fingerprint density at radius 3 is 2.69 bits per heavy atom. The van der Waals surface area contributed by atoms with E-state index >= 15 is 0 Å². The topological polar surface area (TPSA) is 49.6 Å². The second kappa shape index (κ2) is 4.00. The second-order valence-electron chi connectivity index (χ2n) is 5.38. The minimum Gasteiger partial charge on any atom is -0.337 e. The highest BCUT2D eigenvalue weighted by Gasteiger charge is 2.43. The summed E-state index contributed by atoms with van der Waals surface area (Å²) >= 11 is 0. The first kappa shape index (κ1) is 10.5. The first-order valence-corrected chi connectivity index (χ1v) is 6.57. The molecule has 4 heteroatoms. The Morgan fingerprint density at radius 2 is 1.81 bits per heavy atom. The Hall–Kier alpha value is -0.610. The lowest BCUT2D eigenvalue weighted by Gasteiger charge is -2.37. The minimum atomic E-state index is -0.232. The fraction of sp³-hybridized carbons (Fsp3) is 0.917. The van der Waals surface area contributed by atoms with E-state index in [0.717, 1.165) is 25.8 Å². The maximum absolute atomic E-state index is 12.1. The van der Waals surface area contributed by atoms with E-state index in [0.29, 0.717) is 12.1 Å². The number of carbonyl (C=O) groups excluding carboxylic acids is 1. The van der Waals surface area contributed by atoms with Gasteiger partial charge in [0.1, 0.15) is 0 Å². The summed E-state index contributed by atoms with van der Waals surface area (Å²) in [5.41, 5.74) is 5.87. The SMILES string of the molecule is NC1CCCN(C2CCN3CCCC23)C1=O. The molecule has 0 aromatic heterocycles. The summed E-state index contributed by atoms with van der Waals surface area (Å²) in [4.78, 5) is 16.7. The van der Waals surface area contributed by atoms with Gasteiger partial charge in [0.2, 0.25) is 5.91 Å². The van der Waals surface area contributed by atoms with Crippen molar-refractivity contribution >= 4 is 5.91 Å². The third-order valence-electron chi connectivity index (χ3n) is 4.49. The third kappa shape index (κ3) is 1.55. The molecule has 3 atom stereocenters. The molecule has 0 bridgehead atoms. The molecule has 16 heavy (non-hydrogen) atoms. The van der Waals surface area contributed by atoms with Crippen LogP contribution in [0, 0.1) is 0 Å². The van der Waals surface area contributed by atoms with Crippen molar-refractivity contribution in [1.82, 2.24) is 9.80 Å².